The highest BCUT2D eigenvalue weighted by molar-refractivity contribution is 5.18. The molecule has 0 amide bonds. The molecule has 1 aromatic carbocycles. The molecule has 1 atom stereocenters. The van der Waals surface area contributed by atoms with Crippen molar-refractivity contribution in [2.45, 2.75) is 19.5 Å². The molecule has 0 bridgehead atoms. The van der Waals surface area contributed by atoms with E-state index in [0.717, 1.165) is 6.54 Å². The maximum absolute atomic E-state index is 4.31. The van der Waals surface area contributed by atoms with Crippen LogP contribution in [0.1, 0.15) is 17.2 Å². The number of benzene rings is 1. The Kier molecular flexibility index (Phi) is 3.37. The number of aryl methyl sites for hydroxylation is 1. The lowest BCUT2D eigenvalue weighted by molar-refractivity contribution is 0.468. The largest absolute Gasteiger partial charge is 0.311 e. The monoisotopic (exact) mass is 215 g/mol. The molecule has 3 heteroatoms. The number of nitrogens with one attached hydrogen (secondary N) is 1. The van der Waals surface area contributed by atoms with Crippen LogP contribution < -0.4 is 5.32 Å². The van der Waals surface area contributed by atoms with Gasteiger partial charge in [0, 0.05) is 6.20 Å². The fraction of sp³-hybridized carbons (Fsp3) is 0.308. The predicted molar refractivity (Wildman–Crippen MR) is 65.2 cm³/mol. The van der Waals surface area contributed by atoms with Gasteiger partial charge in [-0.15, -0.1) is 0 Å². The van der Waals surface area contributed by atoms with Gasteiger partial charge < -0.3 is 5.32 Å². The molecular formula is C13H17N3. The first kappa shape index (κ1) is 10.9. The lowest BCUT2D eigenvalue weighted by Crippen LogP contribution is -2.22. The lowest BCUT2D eigenvalue weighted by atomic mass is 10.1. The molecule has 1 unspecified atom stereocenters. The molecule has 3 nitrogen and oxygen atoms in total. The van der Waals surface area contributed by atoms with Crippen molar-refractivity contribution in [3.63, 3.8) is 0 Å². The molecule has 1 N–H and O–H groups in total. The molecule has 2 rings (SSSR count). The zero-order valence-corrected chi connectivity index (χ0v) is 9.72. The second-order valence-corrected chi connectivity index (χ2v) is 3.99. The maximum Gasteiger partial charge on any atom is 0.0604 e. The van der Waals surface area contributed by atoms with E-state index < -0.39 is 0 Å². The molecule has 0 aliphatic carbocycles. The average molecular weight is 215 g/mol. The van der Waals surface area contributed by atoms with Gasteiger partial charge in [0.1, 0.15) is 0 Å². The Morgan fingerprint density at radius 2 is 2.06 bits per heavy atom. The number of hydrogen-bond donors (Lipinski definition) is 1. The van der Waals surface area contributed by atoms with Crippen LogP contribution >= 0.6 is 0 Å². The Balaban J connectivity index is 2.12. The molecule has 0 saturated carbocycles. The number of rotatable bonds is 4. The molecule has 0 saturated heterocycles. The molecule has 2 aromatic rings. The third-order valence-corrected chi connectivity index (χ3v) is 2.68. The number of hydrogen-bond acceptors (Lipinski definition) is 2. The van der Waals surface area contributed by atoms with Crippen LogP contribution in [0.25, 0.3) is 0 Å². The van der Waals surface area contributed by atoms with Crippen LogP contribution in [-0.2, 0) is 6.54 Å². The molecule has 84 valence electrons. The van der Waals surface area contributed by atoms with Crippen LogP contribution in [0, 0.1) is 6.92 Å². The van der Waals surface area contributed by atoms with Gasteiger partial charge >= 0.3 is 0 Å². The minimum absolute atomic E-state index is 0.306. The zero-order valence-electron chi connectivity index (χ0n) is 9.72. The fourth-order valence-corrected chi connectivity index (χ4v) is 1.80. The van der Waals surface area contributed by atoms with E-state index in [1.807, 2.05) is 24.0 Å². The van der Waals surface area contributed by atoms with E-state index in [1.54, 1.807) is 0 Å². The number of aromatic nitrogens is 2. The van der Waals surface area contributed by atoms with Gasteiger partial charge in [-0.3, -0.25) is 4.68 Å². The fourth-order valence-electron chi connectivity index (χ4n) is 1.80. The summed E-state index contributed by atoms with van der Waals surface area (Å²) in [5.74, 6) is 0. The first-order valence-corrected chi connectivity index (χ1v) is 5.51. The zero-order chi connectivity index (χ0) is 11.4. The molecule has 1 heterocycles. The lowest BCUT2D eigenvalue weighted by Gasteiger charge is -2.16. The summed E-state index contributed by atoms with van der Waals surface area (Å²) >= 11 is 0. The van der Waals surface area contributed by atoms with Crippen LogP contribution in [0.5, 0.6) is 0 Å². The highest BCUT2D eigenvalue weighted by Crippen LogP contribution is 2.14. The van der Waals surface area contributed by atoms with E-state index in [2.05, 4.69) is 47.8 Å². The Morgan fingerprint density at radius 1 is 1.31 bits per heavy atom. The van der Waals surface area contributed by atoms with Crippen molar-refractivity contribution in [3.05, 3.63) is 53.9 Å². The normalized spacial score (nSPS) is 12.6. The van der Waals surface area contributed by atoms with Crippen molar-refractivity contribution < 1.29 is 0 Å². The van der Waals surface area contributed by atoms with Crippen molar-refractivity contribution in [1.29, 1.82) is 0 Å². The van der Waals surface area contributed by atoms with E-state index in [9.17, 15) is 0 Å². The topological polar surface area (TPSA) is 29.9 Å². The Bertz CT molecular complexity index is 433. The number of nitrogens with zero attached hydrogens (tertiary/aromatic N) is 2. The molecule has 16 heavy (non-hydrogen) atoms. The van der Waals surface area contributed by atoms with Crippen molar-refractivity contribution in [3.8, 4) is 0 Å². The first-order chi connectivity index (χ1) is 7.79. The van der Waals surface area contributed by atoms with E-state index in [1.165, 1.54) is 11.1 Å². The Hall–Kier alpha value is -1.61. The first-order valence-electron chi connectivity index (χ1n) is 5.51. The smallest absolute Gasteiger partial charge is 0.0604 e. The van der Waals surface area contributed by atoms with Crippen LogP contribution in [0.15, 0.2) is 42.7 Å². The third-order valence-electron chi connectivity index (χ3n) is 2.68. The summed E-state index contributed by atoms with van der Waals surface area (Å²) in [6.07, 6.45) is 3.95. The summed E-state index contributed by atoms with van der Waals surface area (Å²) in [5, 5.41) is 7.62. The maximum atomic E-state index is 4.31. The van der Waals surface area contributed by atoms with Crippen molar-refractivity contribution in [1.82, 2.24) is 15.1 Å². The van der Waals surface area contributed by atoms with Crippen LogP contribution in [-0.4, -0.2) is 16.8 Å². The minimum Gasteiger partial charge on any atom is -0.311 e. The summed E-state index contributed by atoms with van der Waals surface area (Å²) in [6, 6.07) is 10.7. The standard InChI is InChI=1S/C13H17N3/c1-11-8-15-16(9-11)10-13(14-2)12-6-4-3-5-7-12/h3-9,13-14H,10H2,1-2H3. The van der Waals surface area contributed by atoms with E-state index >= 15 is 0 Å². The molecule has 0 radical (unpaired) electrons. The van der Waals surface area contributed by atoms with Gasteiger partial charge in [0.25, 0.3) is 0 Å². The average Bonchev–Trinajstić information content (AvgIpc) is 2.73. The molecular weight excluding hydrogens is 198 g/mol. The van der Waals surface area contributed by atoms with E-state index in [-0.39, 0.29) is 0 Å². The SMILES string of the molecule is CNC(Cn1cc(C)cn1)c1ccccc1. The highest BCUT2D eigenvalue weighted by atomic mass is 15.3. The highest BCUT2D eigenvalue weighted by Gasteiger charge is 2.09. The van der Waals surface area contributed by atoms with Crippen molar-refractivity contribution in [2.75, 3.05) is 7.05 Å². The molecule has 0 aliphatic rings. The second-order valence-electron chi connectivity index (χ2n) is 3.99. The minimum atomic E-state index is 0.306. The number of likely N-dealkylation sites (N-methyl/N-ethyl adjacent to an activating group) is 1. The molecule has 0 fully saturated rings. The second kappa shape index (κ2) is 4.94. The molecule has 1 aromatic heterocycles. The molecule has 0 spiro atoms. The summed E-state index contributed by atoms with van der Waals surface area (Å²) in [6.45, 7) is 2.91. The third kappa shape index (κ3) is 2.49. The van der Waals surface area contributed by atoms with Gasteiger partial charge in [0.05, 0.1) is 18.8 Å². The predicted octanol–water partition coefficient (Wildman–Crippen LogP) is 2.15. The summed E-state index contributed by atoms with van der Waals surface area (Å²) < 4.78 is 1.98. The van der Waals surface area contributed by atoms with Gasteiger partial charge in [-0.1, -0.05) is 30.3 Å². The van der Waals surface area contributed by atoms with Gasteiger partial charge in [0.15, 0.2) is 0 Å². The van der Waals surface area contributed by atoms with E-state index in [4.69, 9.17) is 0 Å². The van der Waals surface area contributed by atoms with Crippen LogP contribution in [0.4, 0.5) is 0 Å². The molecule has 0 aliphatic heterocycles. The Labute approximate surface area is 96.1 Å². The Morgan fingerprint density at radius 3 is 2.62 bits per heavy atom. The van der Waals surface area contributed by atoms with Crippen molar-refractivity contribution in [2.24, 2.45) is 0 Å². The van der Waals surface area contributed by atoms with E-state index in [0.29, 0.717) is 6.04 Å². The van der Waals surface area contributed by atoms with Crippen molar-refractivity contribution >= 4 is 0 Å². The van der Waals surface area contributed by atoms with Crippen LogP contribution in [0.3, 0.4) is 0 Å². The summed E-state index contributed by atoms with van der Waals surface area (Å²) in [5.41, 5.74) is 2.49. The van der Waals surface area contributed by atoms with Gasteiger partial charge in [-0.25, -0.2) is 0 Å². The summed E-state index contributed by atoms with van der Waals surface area (Å²) in [4.78, 5) is 0. The quantitative estimate of drug-likeness (QED) is 0.847. The van der Waals surface area contributed by atoms with Crippen LogP contribution in [0.2, 0.25) is 0 Å². The van der Waals surface area contributed by atoms with Gasteiger partial charge in [0.2, 0.25) is 0 Å². The summed E-state index contributed by atoms with van der Waals surface area (Å²) in [7, 11) is 1.98. The van der Waals surface area contributed by atoms with Gasteiger partial charge in [-0.2, -0.15) is 5.10 Å². The van der Waals surface area contributed by atoms with Gasteiger partial charge in [-0.05, 0) is 25.1 Å².